The molecule has 0 spiro atoms. The van der Waals surface area contributed by atoms with Crippen LogP contribution < -0.4 is 10.5 Å². The number of methoxy groups -OCH3 is 1. The maximum absolute atomic E-state index is 12.5. The van der Waals surface area contributed by atoms with Gasteiger partial charge in [-0.1, -0.05) is 18.9 Å². The first-order chi connectivity index (χ1) is 8.55. The Balaban J connectivity index is 2.34. The maximum atomic E-state index is 12.5. The molecule has 1 saturated carbocycles. The van der Waals surface area contributed by atoms with Crippen LogP contribution in [0.15, 0.2) is 29.2 Å². The van der Waals surface area contributed by atoms with Gasteiger partial charge in [0.15, 0.2) is 9.84 Å². The van der Waals surface area contributed by atoms with Crippen molar-refractivity contribution in [2.45, 2.75) is 41.9 Å². The van der Waals surface area contributed by atoms with Gasteiger partial charge in [-0.05, 0) is 31.0 Å². The van der Waals surface area contributed by atoms with E-state index in [1.54, 1.807) is 24.3 Å². The molecule has 2 N–H and O–H groups in total. The van der Waals surface area contributed by atoms with Crippen LogP contribution in [0.3, 0.4) is 0 Å². The molecular formula is C13H19NO3S. The molecule has 2 unspecified atom stereocenters. The van der Waals surface area contributed by atoms with Crippen molar-refractivity contribution in [1.29, 1.82) is 0 Å². The number of hydrogen-bond donors (Lipinski definition) is 1. The maximum Gasteiger partial charge on any atom is 0.182 e. The highest BCUT2D eigenvalue weighted by Crippen LogP contribution is 2.29. The molecule has 0 aromatic heterocycles. The number of ether oxygens (including phenoxy) is 1. The van der Waals surface area contributed by atoms with Crippen molar-refractivity contribution in [3.63, 3.8) is 0 Å². The molecule has 1 aliphatic carbocycles. The number of rotatable bonds is 3. The second-order valence-electron chi connectivity index (χ2n) is 4.71. The second kappa shape index (κ2) is 5.28. The minimum absolute atomic E-state index is 0.255. The third-order valence-electron chi connectivity index (χ3n) is 3.52. The van der Waals surface area contributed by atoms with Crippen LogP contribution in [0.25, 0.3) is 0 Å². The second-order valence-corrected chi connectivity index (χ2v) is 6.88. The molecule has 18 heavy (non-hydrogen) atoms. The SMILES string of the molecule is COc1cccc(S(=O)(=O)C2CCCCC2N)c1. The van der Waals surface area contributed by atoms with Gasteiger partial charge in [0.1, 0.15) is 5.75 Å². The molecule has 0 radical (unpaired) electrons. The van der Waals surface area contributed by atoms with Crippen LogP contribution in [0.1, 0.15) is 25.7 Å². The van der Waals surface area contributed by atoms with E-state index < -0.39 is 15.1 Å². The first kappa shape index (κ1) is 13.4. The Labute approximate surface area is 108 Å². The summed E-state index contributed by atoms with van der Waals surface area (Å²) in [5.41, 5.74) is 5.96. The molecule has 0 saturated heterocycles. The molecule has 0 heterocycles. The predicted octanol–water partition coefficient (Wildman–Crippen LogP) is 1.74. The van der Waals surface area contributed by atoms with Crippen molar-refractivity contribution in [2.24, 2.45) is 5.73 Å². The van der Waals surface area contributed by atoms with Crippen LogP contribution >= 0.6 is 0 Å². The van der Waals surface area contributed by atoms with Gasteiger partial charge in [0.2, 0.25) is 0 Å². The van der Waals surface area contributed by atoms with Crippen LogP contribution in [-0.4, -0.2) is 26.8 Å². The first-order valence-corrected chi connectivity index (χ1v) is 7.74. The van der Waals surface area contributed by atoms with E-state index in [0.717, 1.165) is 19.3 Å². The van der Waals surface area contributed by atoms with Crippen LogP contribution in [0, 0.1) is 0 Å². The van der Waals surface area contributed by atoms with E-state index in [-0.39, 0.29) is 6.04 Å². The molecule has 2 rings (SSSR count). The molecule has 100 valence electrons. The normalized spacial score (nSPS) is 24.8. The lowest BCUT2D eigenvalue weighted by Crippen LogP contribution is -2.42. The number of benzene rings is 1. The smallest absolute Gasteiger partial charge is 0.182 e. The van der Waals surface area contributed by atoms with Gasteiger partial charge in [-0.25, -0.2) is 8.42 Å². The van der Waals surface area contributed by atoms with Crippen molar-refractivity contribution in [3.8, 4) is 5.75 Å². The average molecular weight is 269 g/mol. The van der Waals surface area contributed by atoms with Crippen LogP contribution in [0.4, 0.5) is 0 Å². The summed E-state index contributed by atoms with van der Waals surface area (Å²) in [6, 6.07) is 6.35. The third-order valence-corrected chi connectivity index (χ3v) is 5.82. The van der Waals surface area contributed by atoms with E-state index in [0.29, 0.717) is 17.1 Å². The van der Waals surface area contributed by atoms with Gasteiger partial charge in [-0.2, -0.15) is 0 Å². The van der Waals surface area contributed by atoms with Crippen molar-refractivity contribution in [3.05, 3.63) is 24.3 Å². The predicted molar refractivity (Wildman–Crippen MR) is 70.4 cm³/mol. The highest BCUT2D eigenvalue weighted by atomic mass is 32.2. The molecule has 1 aromatic carbocycles. The molecule has 1 aromatic rings. The fraction of sp³-hybridized carbons (Fsp3) is 0.538. The molecule has 1 aliphatic rings. The van der Waals surface area contributed by atoms with E-state index >= 15 is 0 Å². The Morgan fingerprint density at radius 2 is 2.00 bits per heavy atom. The molecule has 2 atom stereocenters. The minimum atomic E-state index is -3.35. The van der Waals surface area contributed by atoms with E-state index in [2.05, 4.69) is 0 Å². The molecule has 1 fully saturated rings. The zero-order valence-electron chi connectivity index (χ0n) is 10.5. The summed E-state index contributed by atoms with van der Waals surface area (Å²) in [5, 5.41) is -0.460. The Morgan fingerprint density at radius 3 is 2.67 bits per heavy atom. The average Bonchev–Trinajstić information content (AvgIpc) is 2.39. The van der Waals surface area contributed by atoms with Crippen molar-refractivity contribution in [1.82, 2.24) is 0 Å². The van der Waals surface area contributed by atoms with Gasteiger partial charge in [0.25, 0.3) is 0 Å². The van der Waals surface area contributed by atoms with Gasteiger partial charge >= 0.3 is 0 Å². The Hall–Kier alpha value is -1.07. The highest BCUT2D eigenvalue weighted by Gasteiger charge is 2.34. The summed E-state index contributed by atoms with van der Waals surface area (Å²) < 4.78 is 30.1. The first-order valence-electron chi connectivity index (χ1n) is 6.19. The Bertz CT molecular complexity index is 513. The molecule has 0 amide bonds. The Kier molecular flexibility index (Phi) is 3.92. The summed E-state index contributed by atoms with van der Waals surface area (Å²) in [5.74, 6) is 0.556. The van der Waals surface area contributed by atoms with Gasteiger partial charge in [-0.3, -0.25) is 0 Å². The monoisotopic (exact) mass is 269 g/mol. The summed E-state index contributed by atoms with van der Waals surface area (Å²) in [7, 11) is -1.82. The topological polar surface area (TPSA) is 69.4 Å². The zero-order chi connectivity index (χ0) is 13.2. The summed E-state index contributed by atoms with van der Waals surface area (Å²) in [6.45, 7) is 0. The standard InChI is InChI=1S/C13H19NO3S/c1-17-10-5-4-6-11(9-10)18(15,16)13-8-3-2-7-12(13)14/h4-6,9,12-13H,2-3,7-8,14H2,1H3. The number of hydrogen-bond acceptors (Lipinski definition) is 4. The van der Waals surface area contributed by atoms with Gasteiger partial charge in [-0.15, -0.1) is 0 Å². The fourth-order valence-electron chi connectivity index (χ4n) is 2.46. The molecular weight excluding hydrogens is 250 g/mol. The van der Waals surface area contributed by atoms with E-state index in [1.165, 1.54) is 7.11 Å². The van der Waals surface area contributed by atoms with Gasteiger partial charge < -0.3 is 10.5 Å². The lowest BCUT2D eigenvalue weighted by atomic mass is 9.96. The quantitative estimate of drug-likeness (QED) is 0.907. The van der Waals surface area contributed by atoms with Gasteiger partial charge in [0, 0.05) is 6.04 Å². The largest absolute Gasteiger partial charge is 0.497 e. The Morgan fingerprint density at radius 1 is 1.28 bits per heavy atom. The molecule has 0 bridgehead atoms. The molecule has 5 heteroatoms. The van der Waals surface area contributed by atoms with Crippen molar-refractivity contribution in [2.75, 3.05) is 7.11 Å². The molecule has 4 nitrogen and oxygen atoms in total. The van der Waals surface area contributed by atoms with Crippen LogP contribution in [0.5, 0.6) is 5.75 Å². The minimum Gasteiger partial charge on any atom is -0.497 e. The molecule has 0 aliphatic heterocycles. The third kappa shape index (κ3) is 2.52. The van der Waals surface area contributed by atoms with E-state index in [9.17, 15) is 8.42 Å². The van der Waals surface area contributed by atoms with Crippen molar-refractivity contribution >= 4 is 9.84 Å². The van der Waals surface area contributed by atoms with Crippen LogP contribution in [-0.2, 0) is 9.84 Å². The zero-order valence-corrected chi connectivity index (χ0v) is 11.3. The van der Waals surface area contributed by atoms with E-state index in [1.807, 2.05) is 0 Å². The summed E-state index contributed by atoms with van der Waals surface area (Å²) in [6.07, 6.45) is 3.39. The van der Waals surface area contributed by atoms with E-state index in [4.69, 9.17) is 10.5 Å². The number of sulfone groups is 1. The summed E-state index contributed by atoms with van der Waals surface area (Å²) >= 11 is 0. The van der Waals surface area contributed by atoms with Crippen molar-refractivity contribution < 1.29 is 13.2 Å². The van der Waals surface area contributed by atoms with Gasteiger partial charge in [0.05, 0.1) is 17.3 Å². The summed E-state index contributed by atoms with van der Waals surface area (Å²) in [4.78, 5) is 0.309. The lowest BCUT2D eigenvalue weighted by molar-refractivity contribution is 0.412. The number of nitrogens with two attached hydrogens (primary N) is 1. The fourth-order valence-corrected chi connectivity index (χ4v) is 4.44. The van der Waals surface area contributed by atoms with Crippen LogP contribution in [0.2, 0.25) is 0 Å². The highest BCUT2D eigenvalue weighted by molar-refractivity contribution is 7.92. The lowest BCUT2D eigenvalue weighted by Gasteiger charge is -2.28.